The van der Waals surface area contributed by atoms with E-state index in [0.29, 0.717) is 11.1 Å². The number of nitrogens with zero attached hydrogens (tertiary/aromatic N) is 7. The van der Waals surface area contributed by atoms with Gasteiger partial charge < -0.3 is 4.74 Å². The van der Waals surface area contributed by atoms with Gasteiger partial charge in [-0.05, 0) is 10.4 Å². The van der Waals surface area contributed by atoms with Crippen LogP contribution in [0.3, 0.4) is 0 Å². The van der Waals surface area contributed by atoms with Gasteiger partial charge in [0, 0.05) is 30.4 Å². The van der Waals surface area contributed by atoms with Crippen LogP contribution in [0.4, 0.5) is 0 Å². The van der Waals surface area contributed by atoms with E-state index in [0.717, 1.165) is 14.5 Å². The molecule has 0 unspecified atom stereocenters. The number of rotatable bonds is 5. The van der Waals surface area contributed by atoms with Gasteiger partial charge in [0.2, 0.25) is 5.88 Å². The van der Waals surface area contributed by atoms with Crippen molar-refractivity contribution >= 4 is 6.08 Å². The molecule has 0 bridgehead atoms. The standard InChI is InChI=1S/C12H12N8O2/c1-3-8-6-14-16-11(20-12(21)19(2)17-18-20)9(8)7-22-10-4-5-13-15-10/h3-6H,1,7H2,2H3,(H,13,15)/i/hT. The van der Waals surface area contributed by atoms with E-state index in [1.807, 2.05) is 0 Å². The largest absolute Gasteiger partial charge is 0.472 e. The highest BCUT2D eigenvalue weighted by Crippen LogP contribution is 2.17. The highest BCUT2D eigenvalue weighted by Gasteiger charge is 2.16. The van der Waals surface area contributed by atoms with Gasteiger partial charge in [0.05, 0.1) is 6.20 Å². The van der Waals surface area contributed by atoms with E-state index < -0.39 is 5.69 Å². The first-order valence-electron chi connectivity index (χ1n) is 6.69. The van der Waals surface area contributed by atoms with Crippen LogP contribution in [0.25, 0.3) is 11.9 Å². The van der Waals surface area contributed by atoms with Crippen LogP contribution in [0.1, 0.15) is 11.1 Å². The van der Waals surface area contributed by atoms with Crippen LogP contribution >= 0.6 is 0 Å². The Morgan fingerprint density at radius 3 is 3.05 bits per heavy atom. The molecule has 0 spiro atoms. The fraction of sp³-hybridized carbons (Fsp3) is 0.167. The van der Waals surface area contributed by atoms with Crippen molar-refractivity contribution in [2.75, 3.05) is 0 Å². The molecule has 22 heavy (non-hydrogen) atoms. The molecule has 0 atom stereocenters. The Morgan fingerprint density at radius 2 is 2.41 bits per heavy atom. The number of nitrogens with one attached hydrogen (secondary N) is 1. The smallest absolute Gasteiger partial charge is 0.369 e. The quantitative estimate of drug-likeness (QED) is 0.687. The molecule has 10 nitrogen and oxygen atoms in total. The van der Waals surface area contributed by atoms with Crippen LogP contribution in [-0.4, -0.2) is 40.2 Å². The number of aryl methyl sites for hydroxylation is 1. The lowest BCUT2D eigenvalue weighted by molar-refractivity contribution is 0.291. The summed E-state index contributed by atoms with van der Waals surface area (Å²) in [5.74, 6) is 0.468. The van der Waals surface area contributed by atoms with Gasteiger partial charge >= 0.3 is 5.69 Å². The normalized spacial score (nSPS) is 11.2. The third-order valence-corrected chi connectivity index (χ3v) is 2.91. The average molecular weight is 302 g/mol. The lowest BCUT2D eigenvalue weighted by Gasteiger charge is -2.09. The van der Waals surface area contributed by atoms with Crippen molar-refractivity contribution in [3.05, 3.63) is 46.7 Å². The third kappa shape index (κ3) is 2.37. The summed E-state index contributed by atoms with van der Waals surface area (Å²) in [7, 11) is 1.48. The van der Waals surface area contributed by atoms with E-state index in [4.69, 9.17) is 6.15 Å². The minimum atomic E-state index is -0.461. The van der Waals surface area contributed by atoms with Crippen LogP contribution in [-0.2, 0) is 13.7 Å². The van der Waals surface area contributed by atoms with Crippen LogP contribution in [0, 0.1) is 0 Å². The van der Waals surface area contributed by atoms with Crippen molar-refractivity contribution in [2.45, 2.75) is 6.61 Å². The lowest BCUT2D eigenvalue weighted by atomic mass is 10.1. The molecular weight excluding hydrogens is 288 g/mol. The maximum atomic E-state index is 12.0. The molecular formula is C12H12N8O2. The van der Waals surface area contributed by atoms with E-state index in [9.17, 15) is 4.79 Å². The van der Waals surface area contributed by atoms with Crippen molar-refractivity contribution in [1.82, 2.24) is 40.2 Å². The molecule has 1 N–H and O–H groups in total. The number of hydrogen-bond acceptors (Lipinski definition) is 7. The second-order valence-corrected chi connectivity index (χ2v) is 4.26. The van der Waals surface area contributed by atoms with E-state index in [1.54, 1.807) is 12.1 Å². The van der Waals surface area contributed by atoms with Crippen LogP contribution in [0.15, 0.2) is 29.8 Å². The zero-order valence-corrected chi connectivity index (χ0v) is 11.6. The average Bonchev–Trinajstić information content (AvgIpc) is 3.11. The molecule has 0 amide bonds. The Balaban J connectivity index is 2.01. The summed E-state index contributed by atoms with van der Waals surface area (Å²) in [4.78, 5) is 12.0. The summed E-state index contributed by atoms with van der Waals surface area (Å²) >= 11 is 0. The number of aromatic nitrogens is 8. The molecule has 112 valence electrons. The highest BCUT2D eigenvalue weighted by atomic mass is 16.5. The minimum Gasteiger partial charge on any atom is -0.472 e. The highest BCUT2D eigenvalue weighted by molar-refractivity contribution is 5.54. The van der Waals surface area contributed by atoms with Gasteiger partial charge in [-0.3, -0.25) is 5.09 Å². The van der Waals surface area contributed by atoms with Gasteiger partial charge in [-0.1, -0.05) is 12.7 Å². The first kappa shape index (κ1) is 12.4. The molecule has 3 rings (SSSR count). The van der Waals surface area contributed by atoms with Crippen LogP contribution in [0.2, 0.25) is 1.41 Å². The molecule has 3 heterocycles. The van der Waals surface area contributed by atoms with Crippen LogP contribution in [0.5, 0.6) is 5.88 Å². The van der Waals surface area contributed by atoms with Gasteiger partial charge in [-0.15, -0.1) is 14.9 Å². The van der Waals surface area contributed by atoms with Crippen LogP contribution < -0.4 is 10.4 Å². The zero-order chi connectivity index (χ0) is 16.4. The van der Waals surface area contributed by atoms with Crippen molar-refractivity contribution in [2.24, 2.45) is 7.05 Å². The Kier molecular flexibility index (Phi) is 3.16. The van der Waals surface area contributed by atoms with E-state index in [1.165, 1.54) is 19.4 Å². The molecule has 10 heteroatoms. The van der Waals surface area contributed by atoms with Gasteiger partial charge in [0.15, 0.2) is 7.23 Å². The maximum absolute atomic E-state index is 12.0. The van der Waals surface area contributed by atoms with Gasteiger partial charge in [-0.25, -0.2) is 4.79 Å². The Hall–Kier alpha value is -3.30. The molecule has 0 fully saturated rings. The van der Waals surface area contributed by atoms with E-state index >= 15 is 0 Å². The van der Waals surface area contributed by atoms with E-state index in [2.05, 4.69) is 32.3 Å². The molecule has 0 aliphatic heterocycles. The summed E-state index contributed by atoms with van der Waals surface area (Å²) in [6.07, 6.45) is 4.50. The Labute approximate surface area is 125 Å². The number of tetrazole rings is 1. The fourth-order valence-corrected chi connectivity index (χ4v) is 1.80. The summed E-state index contributed by atoms with van der Waals surface area (Å²) < 4.78 is 14.9. The summed E-state index contributed by atoms with van der Waals surface area (Å²) in [6, 6.07) is 1.55. The Bertz CT molecular complexity index is 912. The summed E-state index contributed by atoms with van der Waals surface area (Å²) in [6.45, 7) is 3.76. The zero-order valence-electron chi connectivity index (χ0n) is 12.6. The van der Waals surface area contributed by atoms with Gasteiger partial charge in [0.1, 0.15) is 6.61 Å². The molecule has 0 aliphatic rings. The molecule has 3 aromatic rings. The topological polar surface area (TPSA) is 116 Å². The number of aromatic amines is 1. The van der Waals surface area contributed by atoms with Crippen molar-refractivity contribution in [3.63, 3.8) is 0 Å². The minimum absolute atomic E-state index is 0.0479. The van der Waals surface area contributed by atoms with Crippen molar-refractivity contribution in [3.8, 4) is 11.7 Å². The van der Waals surface area contributed by atoms with Gasteiger partial charge in [0.25, 0.3) is 0 Å². The molecule has 0 aliphatic carbocycles. The SMILES string of the molecule is [3H]n1ccc(OCc2c(C=C)cnnc2-n2nnn(C)c2=O)n1. The number of H-pyrrole nitrogens is 1. The van der Waals surface area contributed by atoms with Crippen molar-refractivity contribution in [1.29, 1.82) is 0 Å². The monoisotopic (exact) mass is 302 g/mol. The second kappa shape index (κ2) is 5.60. The molecule has 3 aromatic heterocycles. The number of hydrogen-bond donors (Lipinski definition) is 1. The summed E-state index contributed by atoms with van der Waals surface area (Å²) in [5, 5.41) is 19.9. The fourth-order valence-electron chi connectivity index (χ4n) is 1.80. The predicted octanol–water partition coefficient (Wildman–Crippen LogP) is -0.299. The summed E-state index contributed by atoms with van der Waals surface area (Å²) in [5.41, 5.74) is 0.729. The first-order chi connectivity index (χ1) is 11.1. The first-order valence-corrected chi connectivity index (χ1v) is 6.24. The molecule has 0 radical (unpaired) electrons. The van der Waals surface area contributed by atoms with Crippen molar-refractivity contribution < 1.29 is 6.15 Å². The Morgan fingerprint density at radius 1 is 1.55 bits per heavy atom. The predicted molar refractivity (Wildman–Crippen MR) is 75.2 cm³/mol. The second-order valence-electron chi connectivity index (χ2n) is 4.26. The molecule has 0 aromatic carbocycles. The molecule has 0 saturated carbocycles. The lowest BCUT2D eigenvalue weighted by Crippen LogP contribution is -2.24. The van der Waals surface area contributed by atoms with E-state index in [-0.39, 0.29) is 18.3 Å². The maximum Gasteiger partial charge on any atom is 0.369 e. The third-order valence-electron chi connectivity index (χ3n) is 2.91. The molecule has 0 saturated heterocycles. The van der Waals surface area contributed by atoms with Gasteiger partial charge in [-0.2, -0.15) is 9.78 Å². The number of ether oxygens (including phenoxy) is 1.